The molecule has 2 aliphatic rings. The molecule has 0 spiro atoms. The Kier molecular flexibility index (Phi) is 3.90. The topological polar surface area (TPSA) is 62.3 Å². The van der Waals surface area contributed by atoms with Gasteiger partial charge in [0, 0.05) is 25.2 Å². The molecular formula is C16H21N3O2. The van der Waals surface area contributed by atoms with Crippen molar-refractivity contribution in [3.63, 3.8) is 0 Å². The molecule has 112 valence electrons. The van der Waals surface area contributed by atoms with E-state index in [1.165, 1.54) is 12.8 Å². The predicted octanol–water partition coefficient (Wildman–Crippen LogP) is 2.12. The summed E-state index contributed by atoms with van der Waals surface area (Å²) in [6, 6.07) is 4.05. The molecule has 1 aromatic rings. The van der Waals surface area contributed by atoms with Crippen molar-refractivity contribution in [3.8, 4) is 0 Å². The van der Waals surface area contributed by atoms with Gasteiger partial charge >= 0.3 is 0 Å². The number of nitrogens with one attached hydrogen (secondary N) is 1. The zero-order valence-corrected chi connectivity index (χ0v) is 12.3. The number of anilines is 1. The average molecular weight is 287 g/mol. The van der Waals surface area contributed by atoms with Crippen LogP contribution in [0.2, 0.25) is 0 Å². The average Bonchev–Trinajstić information content (AvgIpc) is 3.10. The monoisotopic (exact) mass is 287 g/mol. The molecular weight excluding hydrogens is 266 g/mol. The third-order valence-electron chi connectivity index (χ3n) is 4.46. The number of hydrogen-bond acceptors (Lipinski definition) is 3. The highest BCUT2D eigenvalue weighted by Gasteiger charge is 2.38. The van der Waals surface area contributed by atoms with E-state index in [0.29, 0.717) is 24.8 Å². The molecule has 1 aliphatic heterocycles. The minimum absolute atomic E-state index is 0.0970. The lowest BCUT2D eigenvalue weighted by atomic mass is 10.1. The van der Waals surface area contributed by atoms with Gasteiger partial charge in [0.15, 0.2) is 0 Å². The summed E-state index contributed by atoms with van der Waals surface area (Å²) in [7, 11) is 0. The Balaban J connectivity index is 1.60. The maximum absolute atomic E-state index is 12.3. The normalized spacial score (nSPS) is 22.8. The van der Waals surface area contributed by atoms with Crippen molar-refractivity contribution in [1.29, 1.82) is 0 Å². The second-order valence-electron chi connectivity index (χ2n) is 6.10. The number of carbonyl (C=O) groups is 2. The largest absolute Gasteiger partial charge is 0.339 e. The van der Waals surface area contributed by atoms with Crippen LogP contribution < -0.4 is 5.32 Å². The van der Waals surface area contributed by atoms with E-state index in [4.69, 9.17) is 0 Å². The third-order valence-corrected chi connectivity index (χ3v) is 4.46. The molecule has 2 heterocycles. The zero-order chi connectivity index (χ0) is 14.8. The van der Waals surface area contributed by atoms with Gasteiger partial charge in [-0.1, -0.05) is 18.9 Å². The third kappa shape index (κ3) is 3.06. The highest BCUT2D eigenvalue weighted by atomic mass is 16.2. The molecule has 0 aromatic carbocycles. The van der Waals surface area contributed by atoms with E-state index in [0.717, 1.165) is 18.4 Å². The van der Waals surface area contributed by atoms with Gasteiger partial charge in [0.2, 0.25) is 11.8 Å². The standard InChI is InChI=1S/C16H21N3O2/c1-11-6-7-14(17-9-11)18-16(21)12-8-15(20)19(10-12)13-4-2-3-5-13/h6-7,9,12-13H,2-5,8,10H2,1H3,(H,17,18,21). The summed E-state index contributed by atoms with van der Waals surface area (Å²) in [5.41, 5.74) is 1.05. The number of likely N-dealkylation sites (tertiary alicyclic amines) is 1. The van der Waals surface area contributed by atoms with Crippen molar-refractivity contribution in [3.05, 3.63) is 23.9 Å². The van der Waals surface area contributed by atoms with Crippen molar-refractivity contribution in [2.45, 2.75) is 45.1 Å². The molecule has 1 aromatic heterocycles. The van der Waals surface area contributed by atoms with E-state index in [-0.39, 0.29) is 17.7 Å². The molecule has 1 atom stereocenters. The van der Waals surface area contributed by atoms with Crippen molar-refractivity contribution < 1.29 is 9.59 Å². The first-order chi connectivity index (χ1) is 10.1. The van der Waals surface area contributed by atoms with Gasteiger partial charge in [0.05, 0.1) is 5.92 Å². The molecule has 5 nitrogen and oxygen atoms in total. The number of hydrogen-bond donors (Lipinski definition) is 1. The quantitative estimate of drug-likeness (QED) is 0.926. The van der Waals surface area contributed by atoms with E-state index in [2.05, 4.69) is 10.3 Å². The highest BCUT2D eigenvalue weighted by molar-refractivity contribution is 5.96. The number of amides is 2. The summed E-state index contributed by atoms with van der Waals surface area (Å²) in [6.45, 7) is 2.51. The Morgan fingerprint density at radius 3 is 2.76 bits per heavy atom. The van der Waals surface area contributed by atoms with Gasteiger partial charge in [-0.2, -0.15) is 0 Å². The molecule has 1 aliphatic carbocycles. The van der Waals surface area contributed by atoms with Crippen LogP contribution in [0.5, 0.6) is 0 Å². The van der Waals surface area contributed by atoms with Crippen LogP contribution in [0.1, 0.15) is 37.7 Å². The van der Waals surface area contributed by atoms with E-state index >= 15 is 0 Å². The number of carbonyl (C=O) groups excluding carboxylic acids is 2. The van der Waals surface area contributed by atoms with E-state index < -0.39 is 0 Å². The van der Waals surface area contributed by atoms with Crippen LogP contribution in [0.4, 0.5) is 5.82 Å². The van der Waals surface area contributed by atoms with E-state index in [9.17, 15) is 9.59 Å². The van der Waals surface area contributed by atoms with E-state index in [1.807, 2.05) is 17.9 Å². The number of nitrogens with zero attached hydrogens (tertiary/aromatic N) is 2. The predicted molar refractivity (Wildman–Crippen MR) is 79.7 cm³/mol. The maximum Gasteiger partial charge on any atom is 0.230 e. The summed E-state index contributed by atoms with van der Waals surface area (Å²) in [4.78, 5) is 30.5. The van der Waals surface area contributed by atoms with Crippen molar-refractivity contribution >= 4 is 17.6 Å². The van der Waals surface area contributed by atoms with Gasteiger partial charge in [-0.3, -0.25) is 9.59 Å². The Labute approximate surface area is 124 Å². The van der Waals surface area contributed by atoms with Gasteiger partial charge in [-0.05, 0) is 31.4 Å². The fraction of sp³-hybridized carbons (Fsp3) is 0.562. The first-order valence-corrected chi connectivity index (χ1v) is 7.66. The highest BCUT2D eigenvalue weighted by Crippen LogP contribution is 2.29. The van der Waals surface area contributed by atoms with Crippen LogP contribution in [0.25, 0.3) is 0 Å². The Bertz CT molecular complexity index is 535. The molecule has 21 heavy (non-hydrogen) atoms. The molecule has 5 heteroatoms. The van der Waals surface area contributed by atoms with Crippen molar-refractivity contribution in [2.24, 2.45) is 5.92 Å². The second-order valence-corrected chi connectivity index (χ2v) is 6.10. The van der Waals surface area contributed by atoms with Gasteiger partial charge in [0.25, 0.3) is 0 Å². The molecule has 0 bridgehead atoms. The lowest BCUT2D eigenvalue weighted by Crippen LogP contribution is -2.35. The lowest BCUT2D eigenvalue weighted by Gasteiger charge is -2.23. The molecule has 2 amide bonds. The van der Waals surface area contributed by atoms with Crippen LogP contribution in [-0.2, 0) is 9.59 Å². The number of aromatic nitrogens is 1. The molecule has 1 saturated carbocycles. The van der Waals surface area contributed by atoms with E-state index in [1.54, 1.807) is 12.3 Å². The number of pyridine rings is 1. The van der Waals surface area contributed by atoms with Crippen molar-refractivity contribution in [1.82, 2.24) is 9.88 Å². The lowest BCUT2D eigenvalue weighted by molar-refractivity contribution is -0.129. The second kappa shape index (κ2) is 5.84. The number of rotatable bonds is 3. The zero-order valence-electron chi connectivity index (χ0n) is 12.3. The minimum Gasteiger partial charge on any atom is -0.339 e. The fourth-order valence-electron chi connectivity index (χ4n) is 3.25. The van der Waals surface area contributed by atoms with Crippen LogP contribution in [0, 0.1) is 12.8 Å². The summed E-state index contributed by atoms with van der Waals surface area (Å²) in [6.07, 6.45) is 6.60. The minimum atomic E-state index is -0.249. The Morgan fingerprint density at radius 2 is 2.10 bits per heavy atom. The molecule has 1 N–H and O–H groups in total. The number of aryl methyl sites for hydroxylation is 1. The van der Waals surface area contributed by atoms with Crippen molar-refractivity contribution in [2.75, 3.05) is 11.9 Å². The smallest absolute Gasteiger partial charge is 0.230 e. The maximum atomic E-state index is 12.3. The van der Waals surface area contributed by atoms with Crippen LogP contribution in [-0.4, -0.2) is 34.3 Å². The molecule has 2 fully saturated rings. The Hall–Kier alpha value is -1.91. The Morgan fingerprint density at radius 1 is 1.33 bits per heavy atom. The SMILES string of the molecule is Cc1ccc(NC(=O)C2CC(=O)N(C3CCCC3)C2)nc1. The molecule has 1 unspecified atom stereocenters. The molecule has 1 saturated heterocycles. The fourth-order valence-corrected chi connectivity index (χ4v) is 3.25. The van der Waals surface area contributed by atoms with Gasteiger partial charge < -0.3 is 10.2 Å². The summed E-state index contributed by atoms with van der Waals surface area (Å²) in [5, 5.41) is 2.81. The summed E-state index contributed by atoms with van der Waals surface area (Å²) >= 11 is 0. The summed E-state index contributed by atoms with van der Waals surface area (Å²) in [5.74, 6) is 0.331. The molecule has 3 rings (SSSR count). The first-order valence-electron chi connectivity index (χ1n) is 7.66. The first kappa shape index (κ1) is 14.0. The summed E-state index contributed by atoms with van der Waals surface area (Å²) < 4.78 is 0. The molecule has 0 radical (unpaired) electrons. The van der Waals surface area contributed by atoms with Crippen LogP contribution >= 0.6 is 0 Å². The van der Waals surface area contributed by atoms with Gasteiger partial charge in [-0.25, -0.2) is 4.98 Å². The van der Waals surface area contributed by atoms with Crippen LogP contribution in [0.3, 0.4) is 0 Å². The van der Waals surface area contributed by atoms with Crippen LogP contribution in [0.15, 0.2) is 18.3 Å². The van der Waals surface area contributed by atoms with Gasteiger partial charge in [0.1, 0.15) is 5.82 Å². The van der Waals surface area contributed by atoms with Gasteiger partial charge in [-0.15, -0.1) is 0 Å².